The van der Waals surface area contributed by atoms with Gasteiger partial charge in [-0.1, -0.05) is 19.1 Å². The first-order valence-electron chi connectivity index (χ1n) is 6.32. The zero-order chi connectivity index (χ0) is 12.3. The van der Waals surface area contributed by atoms with Gasteiger partial charge in [-0.15, -0.1) is 0 Å². The third kappa shape index (κ3) is 2.61. The van der Waals surface area contributed by atoms with Crippen molar-refractivity contribution >= 4 is 0 Å². The molecule has 0 radical (unpaired) electrons. The number of methoxy groups -OCH3 is 1. The SMILES string of the molecule is CCC(c1ccc(OC)cc1)N(C)C1CNC1. The molecule has 2 rings (SSSR count). The van der Waals surface area contributed by atoms with Crippen molar-refractivity contribution in [2.45, 2.75) is 25.4 Å². The van der Waals surface area contributed by atoms with Crippen molar-refractivity contribution in [2.75, 3.05) is 27.2 Å². The minimum absolute atomic E-state index is 0.507. The summed E-state index contributed by atoms with van der Waals surface area (Å²) in [6, 6.07) is 9.64. The van der Waals surface area contributed by atoms with Crippen molar-refractivity contribution in [1.29, 1.82) is 0 Å². The number of hydrogen-bond donors (Lipinski definition) is 1. The lowest BCUT2D eigenvalue weighted by molar-refractivity contribution is 0.124. The second-order valence-electron chi connectivity index (χ2n) is 4.67. The van der Waals surface area contributed by atoms with Crippen LogP contribution in [0.3, 0.4) is 0 Å². The number of rotatable bonds is 5. The summed E-state index contributed by atoms with van der Waals surface area (Å²) in [6.45, 7) is 4.48. The lowest BCUT2D eigenvalue weighted by atomic mass is 9.99. The lowest BCUT2D eigenvalue weighted by Gasteiger charge is -2.40. The Hall–Kier alpha value is -1.06. The highest BCUT2D eigenvalue weighted by Crippen LogP contribution is 2.27. The van der Waals surface area contributed by atoms with E-state index in [1.807, 2.05) is 12.1 Å². The molecule has 3 heteroatoms. The molecule has 1 aromatic rings. The maximum absolute atomic E-state index is 5.20. The third-order valence-electron chi connectivity index (χ3n) is 3.71. The highest BCUT2D eigenvalue weighted by molar-refractivity contribution is 5.29. The predicted molar refractivity (Wildman–Crippen MR) is 70.4 cm³/mol. The Morgan fingerprint density at radius 3 is 2.41 bits per heavy atom. The molecule has 0 aromatic heterocycles. The van der Waals surface area contributed by atoms with Crippen LogP contribution in [0.5, 0.6) is 5.75 Å². The van der Waals surface area contributed by atoms with Crippen LogP contribution in [0, 0.1) is 0 Å². The summed E-state index contributed by atoms with van der Waals surface area (Å²) in [5, 5.41) is 3.33. The predicted octanol–water partition coefficient (Wildman–Crippen LogP) is 2.05. The quantitative estimate of drug-likeness (QED) is 0.844. The molecule has 1 heterocycles. The topological polar surface area (TPSA) is 24.5 Å². The summed E-state index contributed by atoms with van der Waals surface area (Å²) in [5.41, 5.74) is 1.38. The smallest absolute Gasteiger partial charge is 0.118 e. The molecule has 0 bridgehead atoms. The Morgan fingerprint density at radius 1 is 1.35 bits per heavy atom. The van der Waals surface area contributed by atoms with Crippen LogP contribution in [0.2, 0.25) is 0 Å². The zero-order valence-corrected chi connectivity index (χ0v) is 10.9. The van der Waals surface area contributed by atoms with E-state index < -0.39 is 0 Å². The van der Waals surface area contributed by atoms with Crippen molar-refractivity contribution in [3.63, 3.8) is 0 Å². The van der Waals surface area contributed by atoms with Gasteiger partial charge in [0.1, 0.15) is 5.75 Å². The average Bonchev–Trinajstić information content (AvgIpc) is 2.28. The first-order valence-corrected chi connectivity index (χ1v) is 6.32. The maximum atomic E-state index is 5.20. The number of hydrogen-bond acceptors (Lipinski definition) is 3. The molecule has 1 atom stereocenters. The average molecular weight is 234 g/mol. The van der Waals surface area contributed by atoms with Gasteiger partial charge < -0.3 is 10.1 Å². The van der Waals surface area contributed by atoms with Gasteiger partial charge in [0.25, 0.3) is 0 Å². The molecule has 1 N–H and O–H groups in total. The van der Waals surface area contributed by atoms with E-state index in [0.717, 1.165) is 25.3 Å². The molecule has 1 unspecified atom stereocenters. The van der Waals surface area contributed by atoms with Gasteiger partial charge in [0.05, 0.1) is 7.11 Å². The molecular weight excluding hydrogens is 212 g/mol. The molecule has 3 nitrogen and oxygen atoms in total. The van der Waals surface area contributed by atoms with Crippen molar-refractivity contribution in [1.82, 2.24) is 10.2 Å². The molecule has 1 aromatic carbocycles. The zero-order valence-electron chi connectivity index (χ0n) is 10.9. The fraction of sp³-hybridized carbons (Fsp3) is 0.571. The molecule has 1 aliphatic heterocycles. The van der Waals surface area contributed by atoms with E-state index in [2.05, 4.69) is 36.3 Å². The summed E-state index contributed by atoms with van der Waals surface area (Å²) >= 11 is 0. The van der Waals surface area contributed by atoms with E-state index in [-0.39, 0.29) is 0 Å². The molecule has 0 amide bonds. The van der Waals surface area contributed by atoms with Gasteiger partial charge in [0.2, 0.25) is 0 Å². The molecule has 1 aliphatic rings. The standard InChI is InChI=1S/C14H22N2O/c1-4-14(16(2)12-9-15-10-12)11-5-7-13(17-3)8-6-11/h5-8,12,14-15H,4,9-10H2,1-3H3. The van der Waals surface area contributed by atoms with Crippen LogP contribution in [0.15, 0.2) is 24.3 Å². The summed E-state index contributed by atoms with van der Waals surface area (Å²) in [4.78, 5) is 2.48. The van der Waals surface area contributed by atoms with E-state index >= 15 is 0 Å². The molecule has 0 saturated carbocycles. The number of benzene rings is 1. The van der Waals surface area contributed by atoms with E-state index in [1.54, 1.807) is 7.11 Å². The van der Waals surface area contributed by atoms with Gasteiger partial charge in [-0.25, -0.2) is 0 Å². The molecule has 1 saturated heterocycles. The normalized spacial score (nSPS) is 17.9. The van der Waals surface area contributed by atoms with Crippen molar-refractivity contribution in [3.8, 4) is 5.75 Å². The van der Waals surface area contributed by atoms with Crippen molar-refractivity contribution in [3.05, 3.63) is 29.8 Å². The van der Waals surface area contributed by atoms with E-state index in [0.29, 0.717) is 12.1 Å². The van der Waals surface area contributed by atoms with Crippen LogP contribution >= 0.6 is 0 Å². The number of likely N-dealkylation sites (N-methyl/N-ethyl adjacent to an activating group) is 1. The van der Waals surface area contributed by atoms with Crippen LogP contribution in [0.25, 0.3) is 0 Å². The van der Waals surface area contributed by atoms with Gasteiger partial charge in [-0.3, -0.25) is 4.90 Å². The minimum Gasteiger partial charge on any atom is -0.497 e. The van der Waals surface area contributed by atoms with Crippen LogP contribution in [-0.2, 0) is 0 Å². The third-order valence-corrected chi connectivity index (χ3v) is 3.71. The molecule has 0 spiro atoms. The molecule has 0 aliphatic carbocycles. The van der Waals surface area contributed by atoms with E-state index in [4.69, 9.17) is 4.74 Å². The van der Waals surface area contributed by atoms with Crippen LogP contribution in [0.1, 0.15) is 24.9 Å². The molecule has 94 valence electrons. The largest absolute Gasteiger partial charge is 0.497 e. The van der Waals surface area contributed by atoms with Crippen molar-refractivity contribution < 1.29 is 4.74 Å². The summed E-state index contributed by atoms with van der Waals surface area (Å²) < 4.78 is 5.20. The molecule has 17 heavy (non-hydrogen) atoms. The maximum Gasteiger partial charge on any atom is 0.118 e. The Morgan fingerprint density at radius 2 is 2.00 bits per heavy atom. The summed E-state index contributed by atoms with van der Waals surface area (Å²) in [5.74, 6) is 0.927. The van der Waals surface area contributed by atoms with E-state index in [9.17, 15) is 0 Å². The highest BCUT2D eigenvalue weighted by atomic mass is 16.5. The highest BCUT2D eigenvalue weighted by Gasteiger charge is 2.27. The Balaban J connectivity index is 2.10. The second-order valence-corrected chi connectivity index (χ2v) is 4.67. The van der Waals surface area contributed by atoms with E-state index in [1.165, 1.54) is 5.56 Å². The lowest BCUT2D eigenvalue weighted by Crippen LogP contribution is -2.56. The number of nitrogens with one attached hydrogen (secondary N) is 1. The van der Waals surface area contributed by atoms with Crippen LogP contribution < -0.4 is 10.1 Å². The van der Waals surface area contributed by atoms with Crippen LogP contribution in [0.4, 0.5) is 0 Å². The number of ether oxygens (including phenoxy) is 1. The minimum atomic E-state index is 0.507. The van der Waals surface area contributed by atoms with Crippen LogP contribution in [-0.4, -0.2) is 38.2 Å². The molecular formula is C14H22N2O. The fourth-order valence-corrected chi connectivity index (χ4v) is 2.40. The first kappa shape index (κ1) is 12.4. The van der Waals surface area contributed by atoms with Gasteiger partial charge >= 0.3 is 0 Å². The van der Waals surface area contributed by atoms with Gasteiger partial charge in [0.15, 0.2) is 0 Å². The Bertz CT molecular complexity index is 346. The summed E-state index contributed by atoms with van der Waals surface area (Å²) in [6.07, 6.45) is 1.14. The second kappa shape index (κ2) is 5.52. The first-order chi connectivity index (χ1) is 8.26. The Kier molecular flexibility index (Phi) is 4.02. The summed E-state index contributed by atoms with van der Waals surface area (Å²) in [7, 11) is 3.93. The Labute approximate surface area is 104 Å². The van der Waals surface area contributed by atoms with Gasteiger partial charge in [-0.2, -0.15) is 0 Å². The van der Waals surface area contributed by atoms with Gasteiger partial charge in [0, 0.05) is 25.2 Å². The van der Waals surface area contributed by atoms with Crippen molar-refractivity contribution in [2.24, 2.45) is 0 Å². The molecule has 1 fully saturated rings. The number of nitrogens with zero attached hydrogens (tertiary/aromatic N) is 1. The monoisotopic (exact) mass is 234 g/mol. The fourth-order valence-electron chi connectivity index (χ4n) is 2.40. The van der Waals surface area contributed by atoms with Gasteiger partial charge in [-0.05, 0) is 31.2 Å².